The molecule has 11 heteroatoms. The quantitative estimate of drug-likeness (QED) is 0.342. The standard InChI is InChI=1S/C20H19ClN4O4S2/c1-3-29-14-7-5-13(6-8-14)22-17(26)11-30-20-25-24-19(31-20)23-18(27)15-10-12(21)4-9-16(15)28-2/h4-10H,3,11H2,1-2H3,(H,22,26)(H,23,24,27). The Morgan fingerprint density at radius 2 is 1.90 bits per heavy atom. The van der Waals surface area contributed by atoms with E-state index in [0.29, 0.717) is 32.5 Å². The molecule has 0 saturated carbocycles. The summed E-state index contributed by atoms with van der Waals surface area (Å²) in [5.74, 6) is 0.692. The zero-order valence-electron chi connectivity index (χ0n) is 16.7. The Hall–Kier alpha value is -2.82. The minimum absolute atomic E-state index is 0.151. The van der Waals surface area contributed by atoms with Crippen molar-refractivity contribution in [2.75, 3.05) is 30.1 Å². The van der Waals surface area contributed by atoms with E-state index in [4.69, 9.17) is 21.1 Å². The van der Waals surface area contributed by atoms with Gasteiger partial charge in [0, 0.05) is 10.7 Å². The van der Waals surface area contributed by atoms with Crippen molar-refractivity contribution in [3.63, 3.8) is 0 Å². The fourth-order valence-electron chi connectivity index (χ4n) is 2.47. The first-order chi connectivity index (χ1) is 15.0. The molecule has 2 amide bonds. The van der Waals surface area contributed by atoms with Crippen LogP contribution in [0.4, 0.5) is 10.8 Å². The summed E-state index contributed by atoms with van der Waals surface area (Å²) in [6, 6.07) is 11.9. The van der Waals surface area contributed by atoms with Gasteiger partial charge in [0.05, 0.1) is 25.0 Å². The first kappa shape index (κ1) is 22.9. The number of nitrogens with zero attached hydrogens (tertiary/aromatic N) is 2. The third-order valence-electron chi connectivity index (χ3n) is 3.81. The Bertz CT molecular complexity index is 1060. The van der Waals surface area contributed by atoms with Gasteiger partial charge in [-0.15, -0.1) is 10.2 Å². The molecule has 0 fully saturated rings. The summed E-state index contributed by atoms with van der Waals surface area (Å²) in [5, 5.41) is 14.1. The van der Waals surface area contributed by atoms with Crippen LogP contribution < -0.4 is 20.1 Å². The Balaban J connectivity index is 1.52. The van der Waals surface area contributed by atoms with Gasteiger partial charge < -0.3 is 14.8 Å². The van der Waals surface area contributed by atoms with Crippen LogP contribution in [0.2, 0.25) is 5.02 Å². The number of anilines is 2. The number of aromatic nitrogens is 2. The van der Waals surface area contributed by atoms with Gasteiger partial charge in [0.15, 0.2) is 4.34 Å². The van der Waals surface area contributed by atoms with Gasteiger partial charge in [-0.25, -0.2) is 0 Å². The summed E-state index contributed by atoms with van der Waals surface area (Å²) >= 11 is 8.36. The van der Waals surface area contributed by atoms with E-state index in [2.05, 4.69) is 20.8 Å². The van der Waals surface area contributed by atoms with E-state index in [9.17, 15) is 9.59 Å². The lowest BCUT2D eigenvalue weighted by atomic mass is 10.2. The van der Waals surface area contributed by atoms with Gasteiger partial charge in [0.1, 0.15) is 11.5 Å². The highest BCUT2D eigenvalue weighted by Crippen LogP contribution is 2.28. The van der Waals surface area contributed by atoms with Crippen molar-refractivity contribution in [2.45, 2.75) is 11.3 Å². The molecule has 3 rings (SSSR count). The Morgan fingerprint density at radius 1 is 1.13 bits per heavy atom. The van der Waals surface area contributed by atoms with E-state index in [0.717, 1.165) is 5.75 Å². The third-order valence-corrected chi connectivity index (χ3v) is 6.02. The van der Waals surface area contributed by atoms with Crippen LogP contribution in [0, 0.1) is 0 Å². The molecule has 1 heterocycles. The molecular formula is C20H19ClN4O4S2. The number of ether oxygens (including phenoxy) is 2. The fourth-order valence-corrected chi connectivity index (χ4v) is 4.19. The summed E-state index contributed by atoms with van der Waals surface area (Å²) in [6.45, 7) is 2.49. The fraction of sp³-hybridized carbons (Fsp3) is 0.200. The molecule has 1 aromatic heterocycles. The summed E-state index contributed by atoms with van der Waals surface area (Å²) in [7, 11) is 1.47. The smallest absolute Gasteiger partial charge is 0.261 e. The van der Waals surface area contributed by atoms with Crippen molar-refractivity contribution in [3.8, 4) is 11.5 Å². The number of thioether (sulfide) groups is 1. The average molecular weight is 479 g/mol. The number of rotatable bonds is 9. The van der Waals surface area contributed by atoms with Crippen molar-refractivity contribution in [3.05, 3.63) is 53.1 Å². The molecule has 0 aliphatic heterocycles. The predicted octanol–water partition coefficient (Wildman–Crippen LogP) is 4.58. The van der Waals surface area contributed by atoms with E-state index in [1.54, 1.807) is 36.4 Å². The first-order valence-electron chi connectivity index (χ1n) is 9.12. The third kappa shape index (κ3) is 6.58. The van der Waals surface area contributed by atoms with Crippen LogP contribution in [0.5, 0.6) is 11.5 Å². The van der Waals surface area contributed by atoms with Crippen molar-refractivity contribution in [1.82, 2.24) is 10.2 Å². The topological polar surface area (TPSA) is 102 Å². The molecule has 162 valence electrons. The largest absolute Gasteiger partial charge is 0.496 e. The number of carbonyl (C=O) groups excluding carboxylic acids is 2. The normalized spacial score (nSPS) is 10.4. The number of benzene rings is 2. The lowest BCUT2D eigenvalue weighted by molar-refractivity contribution is -0.113. The highest BCUT2D eigenvalue weighted by Gasteiger charge is 2.16. The second-order valence-electron chi connectivity index (χ2n) is 5.97. The lowest BCUT2D eigenvalue weighted by Gasteiger charge is -2.07. The van der Waals surface area contributed by atoms with Gasteiger partial charge in [-0.05, 0) is 49.4 Å². The number of hydrogen-bond acceptors (Lipinski definition) is 8. The van der Waals surface area contributed by atoms with Crippen LogP contribution in [0.3, 0.4) is 0 Å². The second kappa shape index (κ2) is 11.0. The minimum Gasteiger partial charge on any atom is -0.496 e. The zero-order chi connectivity index (χ0) is 22.2. The number of halogens is 1. The van der Waals surface area contributed by atoms with Crippen molar-refractivity contribution in [1.29, 1.82) is 0 Å². The van der Waals surface area contributed by atoms with E-state index in [-0.39, 0.29) is 17.2 Å². The van der Waals surface area contributed by atoms with E-state index >= 15 is 0 Å². The van der Waals surface area contributed by atoms with Gasteiger partial charge in [-0.2, -0.15) is 0 Å². The molecule has 2 N–H and O–H groups in total. The lowest BCUT2D eigenvalue weighted by Crippen LogP contribution is -2.13. The maximum absolute atomic E-state index is 12.5. The predicted molar refractivity (Wildman–Crippen MR) is 123 cm³/mol. The Morgan fingerprint density at radius 3 is 2.61 bits per heavy atom. The average Bonchev–Trinajstić information content (AvgIpc) is 3.21. The van der Waals surface area contributed by atoms with Crippen molar-refractivity contribution in [2.24, 2.45) is 0 Å². The van der Waals surface area contributed by atoms with Crippen LogP contribution in [-0.4, -0.2) is 41.5 Å². The molecule has 0 aliphatic carbocycles. The molecule has 0 atom stereocenters. The van der Waals surface area contributed by atoms with Crippen LogP contribution in [0.15, 0.2) is 46.8 Å². The first-order valence-corrected chi connectivity index (χ1v) is 11.3. The zero-order valence-corrected chi connectivity index (χ0v) is 19.1. The van der Waals surface area contributed by atoms with Gasteiger partial charge in [-0.3, -0.25) is 14.9 Å². The summed E-state index contributed by atoms with van der Waals surface area (Å²) < 4.78 is 11.1. The highest BCUT2D eigenvalue weighted by molar-refractivity contribution is 8.01. The van der Waals surface area contributed by atoms with Crippen LogP contribution >= 0.6 is 34.7 Å². The molecule has 31 heavy (non-hydrogen) atoms. The number of carbonyl (C=O) groups is 2. The molecule has 2 aromatic carbocycles. The van der Waals surface area contributed by atoms with Gasteiger partial charge >= 0.3 is 0 Å². The maximum Gasteiger partial charge on any atom is 0.261 e. The molecule has 0 spiro atoms. The van der Waals surface area contributed by atoms with Crippen LogP contribution in [0.1, 0.15) is 17.3 Å². The maximum atomic E-state index is 12.5. The van der Waals surface area contributed by atoms with E-state index in [1.165, 1.54) is 36.3 Å². The molecule has 3 aromatic rings. The molecule has 0 radical (unpaired) electrons. The van der Waals surface area contributed by atoms with Gasteiger partial charge in [0.2, 0.25) is 11.0 Å². The highest BCUT2D eigenvalue weighted by atomic mass is 35.5. The van der Waals surface area contributed by atoms with Crippen LogP contribution in [-0.2, 0) is 4.79 Å². The molecule has 8 nitrogen and oxygen atoms in total. The molecule has 0 saturated heterocycles. The van der Waals surface area contributed by atoms with E-state index < -0.39 is 5.91 Å². The minimum atomic E-state index is -0.416. The number of hydrogen-bond donors (Lipinski definition) is 2. The Labute approximate surface area is 192 Å². The number of amides is 2. The number of methoxy groups -OCH3 is 1. The Kier molecular flexibility index (Phi) is 8.10. The molecular weight excluding hydrogens is 460 g/mol. The summed E-state index contributed by atoms with van der Waals surface area (Å²) in [5.41, 5.74) is 0.962. The summed E-state index contributed by atoms with van der Waals surface area (Å²) in [4.78, 5) is 24.7. The molecule has 0 aliphatic rings. The van der Waals surface area contributed by atoms with Gasteiger partial charge in [-0.1, -0.05) is 34.7 Å². The monoisotopic (exact) mass is 478 g/mol. The van der Waals surface area contributed by atoms with Crippen molar-refractivity contribution >= 4 is 57.3 Å². The number of nitrogens with one attached hydrogen (secondary N) is 2. The van der Waals surface area contributed by atoms with Crippen LogP contribution in [0.25, 0.3) is 0 Å². The summed E-state index contributed by atoms with van der Waals surface area (Å²) in [6.07, 6.45) is 0. The SMILES string of the molecule is CCOc1ccc(NC(=O)CSc2nnc(NC(=O)c3cc(Cl)ccc3OC)s2)cc1. The second-order valence-corrected chi connectivity index (χ2v) is 8.60. The van der Waals surface area contributed by atoms with Crippen molar-refractivity contribution < 1.29 is 19.1 Å². The molecule has 0 bridgehead atoms. The van der Waals surface area contributed by atoms with Gasteiger partial charge in [0.25, 0.3) is 5.91 Å². The molecule has 0 unspecified atom stereocenters. The van der Waals surface area contributed by atoms with E-state index in [1.807, 2.05) is 6.92 Å².